The number of hydrogen-bond donors (Lipinski definition) is 2. The number of aromatic amines is 1. The summed E-state index contributed by atoms with van der Waals surface area (Å²) in [5, 5.41) is 3.06. The Hall–Kier alpha value is -1.33. The van der Waals surface area contributed by atoms with Crippen molar-refractivity contribution in [3.05, 3.63) is 51.0 Å². The number of carbonyl (C=O) groups excluding carboxylic acids is 1. The zero-order valence-corrected chi connectivity index (χ0v) is 11.7. The number of benzene rings is 1. The number of carbonyl (C=O) groups is 1. The number of amides is 1. The van der Waals surface area contributed by atoms with Crippen molar-refractivity contribution >= 4 is 39.1 Å². The molecule has 0 unspecified atom stereocenters. The maximum absolute atomic E-state index is 13.4. The lowest BCUT2D eigenvalue weighted by Gasteiger charge is -2.08. The molecule has 0 fully saturated rings. The van der Waals surface area contributed by atoms with Gasteiger partial charge in [0.15, 0.2) is 0 Å². The summed E-state index contributed by atoms with van der Waals surface area (Å²) in [6.07, 6.45) is 1.51. The Labute approximate surface area is 116 Å². The van der Waals surface area contributed by atoms with Crippen molar-refractivity contribution in [2.45, 2.75) is 6.92 Å². The summed E-state index contributed by atoms with van der Waals surface area (Å²) in [6.45, 7) is 1.78. The molecule has 0 aliphatic rings. The molecule has 0 aliphatic heterocycles. The van der Waals surface area contributed by atoms with Gasteiger partial charge in [0.05, 0.1) is 9.50 Å². The van der Waals surface area contributed by atoms with Crippen molar-refractivity contribution in [3.8, 4) is 0 Å². The standard InChI is InChI=1S/C12H9BrClFN2O/c1-6-2-8(13)9(15)4-10(6)17-12(18)11-3-7(14)5-16-11/h2-5,16H,1H3,(H,17,18). The quantitative estimate of drug-likeness (QED) is 0.854. The Morgan fingerprint density at radius 1 is 1.44 bits per heavy atom. The molecule has 1 aromatic heterocycles. The number of aromatic nitrogens is 1. The molecule has 2 rings (SSSR count). The van der Waals surface area contributed by atoms with Crippen LogP contribution < -0.4 is 5.32 Å². The molecule has 2 aromatic rings. The zero-order valence-electron chi connectivity index (χ0n) is 9.35. The Balaban J connectivity index is 2.24. The van der Waals surface area contributed by atoms with Crippen LogP contribution in [0.2, 0.25) is 5.02 Å². The average Bonchev–Trinajstić information content (AvgIpc) is 2.73. The number of hydrogen-bond acceptors (Lipinski definition) is 1. The van der Waals surface area contributed by atoms with Gasteiger partial charge in [0.1, 0.15) is 11.5 Å². The Kier molecular flexibility index (Phi) is 3.73. The minimum absolute atomic E-state index is 0.322. The highest BCUT2D eigenvalue weighted by Crippen LogP contribution is 2.24. The van der Waals surface area contributed by atoms with Crippen molar-refractivity contribution < 1.29 is 9.18 Å². The molecular weight excluding hydrogens is 322 g/mol. The lowest BCUT2D eigenvalue weighted by molar-refractivity contribution is 0.102. The van der Waals surface area contributed by atoms with E-state index in [4.69, 9.17) is 11.6 Å². The number of aryl methyl sites for hydroxylation is 1. The maximum atomic E-state index is 13.4. The highest BCUT2D eigenvalue weighted by Gasteiger charge is 2.11. The fourth-order valence-electron chi connectivity index (χ4n) is 1.47. The third kappa shape index (κ3) is 2.73. The molecular formula is C12H9BrClFN2O. The van der Waals surface area contributed by atoms with E-state index in [0.717, 1.165) is 5.56 Å². The molecule has 0 saturated heterocycles. The van der Waals surface area contributed by atoms with Crippen LogP contribution in [0.1, 0.15) is 16.1 Å². The molecule has 3 nitrogen and oxygen atoms in total. The van der Waals surface area contributed by atoms with E-state index in [1.165, 1.54) is 18.3 Å². The van der Waals surface area contributed by atoms with E-state index in [1.807, 2.05) is 0 Å². The Morgan fingerprint density at radius 2 is 2.17 bits per heavy atom. The third-order valence-electron chi connectivity index (χ3n) is 2.41. The molecule has 0 saturated carbocycles. The van der Waals surface area contributed by atoms with Crippen molar-refractivity contribution in [1.82, 2.24) is 4.98 Å². The lowest BCUT2D eigenvalue weighted by atomic mass is 10.2. The minimum atomic E-state index is -0.430. The summed E-state index contributed by atoms with van der Waals surface area (Å²) in [7, 11) is 0. The summed E-state index contributed by atoms with van der Waals surface area (Å²) in [5.41, 5.74) is 1.50. The fourth-order valence-corrected chi connectivity index (χ4v) is 2.09. The smallest absolute Gasteiger partial charge is 0.272 e. The molecule has 1 aromatic carbocycles. The van der Waals surface area contributed by atoms with Gasteiger partial charge in [-0.05, 0) is 46.6 Å². The van der Waals surface area contributed by atoms with Crippen molar-refractivity contribution in [1.29, 1.82) is 0 Å². The zero-order chi connectivity index (χ0) is 13.3. The van der Waals surface area contributed by atoms with Crippen LogP contribution in [0.3, 0.4) is 0 Å². The molecule has 0 bridgehead atoms. The van der Waals surface area contributed by atoms with Gasteiger partial charge >= 0.3 is 0 Å². The van der Waals surface area contributed by atoms with Gasteiger partial charge in [-0.25, -0.2) is 4.39 Å². The predicted molar refractivity (Wildman–Crippen MR) is 72.6 cm³/mol. The monoisotopic (exact) mass is 330 g/mol. The van der Waals surface area contributed by atoms with Gasteiger partial charge < -0.3 is 10.3 Å². The van der Waals surface area contributed by atoms with E-state index in [9.17, 15) is 9.18 Å². The van der Waals surface area contributed by atoms with E-state index < -0.39 is 5.82 Å². The van der Waals surface area contributed by atoms with Gasteiger partial charge in [-0.2, -0.15) is 0 Å². The third-order valence-corrected chi connectivity index (χ3v) is 3.23. The van der Waals surface area contributed by atoms with Gasteiger partial charge in [-0.1, -0.05) is 11.6 Å². The van der Waals surface area contributed by atoms with Crippen LogP contribution in [-0.4, -0.2) is 10.9 Å². The van der Waals surface area contributed by atoms with E-state index >= 15 is 0 Å². The first-order valence-corrected chi connectivity index (χ1v) is 6.25. The van der Waals surface area contributed by atoms with E-state index in [1.54, 1.807) is 13.0 Å². The van der Waals surface area contributed by atoms with Gasteiger partial charge in [0.25, 0.3) is 5.91 Å². The van der Waals surface area contributed by atoms with Gasteiger partial charge in [0, 0.05) is 11.9 Å². The molecule has 6 heteroatoms. The molecule has 0 aliphatic carbocycles. The molecule has 0 spiro atoms. The lowest BCUT2D eigenvalue weighted by Crippen LogP contribution is -2.13. The first kappa shape index (κ1) is 13.1. The SMILES string of the molecule is Cc1cc(Br)c(F)cc1NC(=O)c1cc(Cl)c[nH]1. The normalized spacial score (nSPS) is 10.4. The Morgan fingerprint density at radius 3 is 2.78 bits per heavy atom. The summed E-state index contributed by atoms with van der Waals surface area (Å²) >= 11 is 8.79. The number of halogens is 3. The predicted octanol–water partition coefficient (Wildman–Crippen LogP) is 4.13. The molecule has 0 atom stereocenters. The van der Waals surface area contributed by atoms with Crippen LogP contribution in [0.15, 0.2) is 28.9 Å². The second kappa shape index (κ2) is 5.12. The fraction of sp³-hybridized carbons (Fsp3) is 0.0833. The Bertz CT molecular complexity index is 612. The van der Waals surface area contributed by atoms with Crippen LogP contribution in [0, 0.1) is 12.7 Å². The average molecular weight is 332 g/mol. The molecule has 0 radical (unpaired) electrons. The van der Waals surface area contributed by atoms with Crippen LogP contribution in [0.4, 0.5) is 10.1 Å². The van der Waals surface area contributed by atoms with Crippen LogP contribution in [-0.2, 0) is 0 Å². The maximum Gasteiger partial charge on any atom is 0.272 e. The summed E-state index contributed by atoms with van der Waals surface area (Å²) in [5.74, 6) is -0.799. The second-order valence-corrected chi connectivity index (χ2v) is 5.06. The topological polar surface area (TPSA) is 44.9 Å². The largest absolute Gasteiger partial charge is 0.356 e. The van der Waals surface area contributed by atoms with E-state index in [0.29, 0.717) is 20.9 Å². The number of nitrogens with one attached hydrogen (secondary N) is 2. The van der Waals surface area contributed by atoms with Crippen LogP contribution >= 0.6 is 27.5 Å². The van der Waals surface area contributed by atoms with Gasteiger partial charge in [-0.3, -0.25) is 4.79 Å². The van der Waals surface area contributed by atoms with Crippen molar-refractivity contribution in [2.24, 2.45) is 0 Å². The van der Waals surface area contributed by atoms with E-state index in [2.05, 4.69) is 26.2 Å². The summed E-state index contributed by atoms with van der Waals surface area (Å²) < 4.78 is 13.8. The molecule has 94 valence electrons. The van der Waals surface area contributed by atoms with Gasteiger partial charge in [-0.15, -0.1) is 0 Å². The highest BCUT2D eigenvalue weighted by atomic mass is 79.9. The molecule has 2 N–H and O–H groups in total. The second-order valence-electron chi connectivity index (χ2n) is 3.77. The van der Waals surface area contributed by atoms with Gasteiger partial charge in [0.2, 0.25) is 0 Å². The number of rotatable bonds is 2. The highest BCUT2D eigenvalue weighted by molar-refractivity contribution is 9.10. The van der Waals surface area contributed by atoms with Crippen molar-refractivity contribution in [3.63, 3.8) is 0 Å². The molecule has 18 heavy (non-hydrogen) atoms. The molecule has 1 heterocycles. The van der Waals surface area contributed by atoms with E-state index in [-0.39, 0.29) is 5.91 Å². The first-order valence-electron chi connectivity index (χ1n) is 5.08. The summed E-state index contributed by atoms with van der Waals surface area (Å²) in [4.78, 5) is 14.6. The number of H-pyrrole nitrogens is 1. The summed E-state index contributed by atoms with van der Waals surface area (Å²) in [6, 6.07) is 4.37. The minimum Gasteiger partial charge on any atom is -0.356 e. The first-order chi connectivity index (χ1) is 8.47. The number of anilines is 1. The van der Waals surface area contributed by atoms with Crippen LogP contribution in [0.25, 0.3) is 0 Å². The van der Waals surface area contributed by atoms with Crippen LogP contribution in [0.5, 0.6) is 0 Å². The molecule has 1 amide bonds. The van der Waals surface area contributed by atoms with Crippen molar-refractivity contribution in [2.75, 3.05) is 5.32 Å².